The van der Waals surface area contributed by atoms with Crippen LogP contribution >= 0.6 is 0 Å². The van der Waals surface area contributed by atoms with Gasteiger partial charge in [-0.15, -0.1) is 0 Å². The minimum Gasteiger partial charge on any atom is -0.308 e. The van der Waals surface area contributed by atoms with Crippen LogP contribution in [0.3, 0.4) is 0 Å². The van der Waals surface area contributed by atoms with Crippen molar-refractivity contribution in [3.05, 3.63) is 54.6 Å². The van der Waals surface area contributed by atoms with Gasteiger partial charge in [-0.05, 0) is 37.1 Å². The van der Waals surface area contributed by atoms with E-state index in [1.807, 2.05) is 18.2 Å². The van der Waals surface area contributed by atoms with Crippen molar-refractivity contribution in [2.45, 2.75) is 18.9 Å². The Balaban J connectivity index is 1.83. The number of nitrogens with zero attached hydrogens (tertiary/aromatic N) is 1. The van der Waals surface area contributed by atoms with Crippen molar-refractivity contribution in [1.82, 2.24) is 0 Å². The summed E-state index contributed by atoms with van der Waals surface area (Å²) in [5.74, 6) is 0. The van der Waals surface area contributed by atoms with E-state index >= 15 is 0 Å². The molecule has 2 aromatic rings. The maximum Gasteiger partial charge on any atom is 0.323 e. The van der Waals surface area contributed by atoms with Gasteiger partial charge >= 0.3 is 6.03 Å². The largest absolute Gasteiger partial charge is 0.323 e. The summed E-state index contributed by atoms with van der Waals surface area (Å²) in [4.78, 5) is 12.2. The molecule has 0 radical (unpaired) electrons. The van der Waals surface area contributed by atoms with E-state index in [1.165, 1.54) is 10.6 Å². The normalized spacial score (nSPS) is 14.0. The van der Waals surface area contributed by atoms with E-state index in [9.17, 15) is 13.2 Å². The molecule has 1 aliphatic rings. The average Bonchev–Trinajstić information content (AvgIpc) is 3.33. The van der Waals surface area contributed by atoms with Crippen LogP contribution in [0.15, 0.2) is 54.6 Å². The molecular weight excluding hydrogens is 326 g/mol. The van der Waals surface area contributed by atoms with Crippen molar-refractivity contribution in [2.24, 2.45) is 0 Å². The fraction of sp³-hybridized carbons (Fsp3) is 0.235. The number of amides is 2. The summed E-state index contributed by atoms with van der Waals surface area (Å²) >= 11 is 0. The van der Waals surface area contributed by atoms with Gasteiger partial charge < -0.3 is 10.6 Å². The van der Waals surface area contributed by atoms with Crippen molar-refractivity contribution >= 4 is 33.1 Å². The fourth-order valence-corrected chi connectivity index (χ4v) is 3.80. The third-order valence-corrected chi connectivity index (χ3v) is 4.87. The Morgan fingerprint density at radius 2 is 1.62 bits per heavy atom. The van der Waals surface area contributed by atoms with E-state index in [1.54, 1.807) is 36.4 Å². The van der Waals surface area contributed by atoms with Crippen molar-refractivity contribution in [1.29, 1.82) is 0 Å². The van der Waals surface area contributed by atoms with Crippen molar-refractivity contribution < 1.29 is 13.2 Å². The number of benzene rings is 2. The number of sulfonamides is 1. The number of urea groups is 1. The van der Waals surface area contributed by atoms with Crippen molar-refractivity contribution in [2.75, 3.05) is 21.2 Å². The molecule has 1 aliphatic carbocycles. The molecule has 0 aliphatic heterocycles. The molecule has 24 heavy (non-hydrogen) atoms. The first-order valence-corrected chi connectivity index (χ1v) is 9.51. The van der Waals surface area contributed by atoms with Gasteiger partial charge in [0, 0.05) is 11.7 Å². The summed E-state index contributed by atoms with van der Waals surface area (Å²) in [5, 5.41) is 5.46. The van der Waals surface area contributed by atoms with Gasteiger partial charge in [-0.2, -0.15) is 0 Å². The van der Waals surface area contributed by atoms with Gasteiger partial charge in [0.25, 0.3) is 0 Å². The SMILES string of the molecule is CS(=O)(=O)N(c1ccccc1NC(=O)Nc1ccccc1)C1CC1. The summed E-state index contributed by atoms with van der Waals surface area (Å²) in [6.45, 7) is 0. The van der Waals surface area contributed by atoms with Crippen molar-refractivity contribution in [3.8, 4) is 0 Å². The highest BCUT2D eigenvalue weighted by atomic mass is 32.2. The Labute approximate surface area is 141 Å². The molecule has 0 bridgehead atoms. The molecular formula is C17H19N3O3S. The first-order chi connectivity index (χ1) is 11.4. The Morgan fingerprint density at radius 3 is 2.25 bits per heavy atom. The zero-order valence-electron chi connectivity index (χ0n) is 13.3. The third kappa shape index (κ3) is 3.86. The zero-order chi connectivity index (χ0) is 17.2. The van der Waals surface area contributed by atoms with Crippen LogP contribution in [0.2, 0.25) is 0 Å². The second-order valence-corrected chi connectivity index (χ2v) is 7.61. The lowest BCUT2D eigenvalue weighted by molar-refractivity contribution is 0.262. The van der Waals surface area contributed by atoms with E-state index < -0.39 is 16.1 Å². The minimum atomic E-state index is -3.41. The predicted molar refractivity (Wildman–Crippen MR) is 95.9 cm³/mol. The van der Waals surface area contributed by atoms with Gasteiger partial charge in [0.2, 0.25) is 10.0 Å². The van der Waals surface area contributed by atoms with E-state index in [4.69, 9.17) is 0 Å². The van der Waals surface area contributed by atoms with Gasteiger partial charge in [-0.3, -0.25) is 4.31 Å². The lowest BCUT2D eigenvalue weighted by Gasteiger charge is -2.24. The van der Waals surface area contributed by atoms with Gasteiger partial charge in [0.15, 0.2) is 0 Å². The molecule has 2 N–H and O–H groups in total. The quantitative estimate of drug-likeness (QED) is 0.873. The summed E-state index contributed by atoms with van der Waals surface area (Å²) < 4.78 is 25.7. The predicted octanol–water partition coefficient (Wildman–Crippen LogP) is 3.26. The molecule has 2 amide bonds. The molecule has 2 aromatic carbocycles. The number of anilines is 3. The van der Waals surface area contributed by atoms with Gasteiger partial charge in [-0.25, -0.2) is 13.2 Å². The molecule has 0 unspecified atom stereocenters. The first kappa shape index (κ1) is 16.3. The summed E-state index contributed by atoms with van der Waals surface area (Å²) in [6.07, 6.45) is 2.85. The van der Waals surface area contributed by atoms with E-state index in [0.29, 0.717) is 17.1 Å². The first-order valence-electron chi connectivity index (χ1n) is 7.66. The highest BCUT2D eigenvalue weighted by Gasteiger charge is 2.36. The average molecular weight is 345 g/mol. The Bertz CT molecular complexity index is 833. The number of rotatable bonds is 5. The molecule has 0 heterocycles. The highest BCUT2D eigenvalue weighted by molar-refractivity contribution is 7.92. The standard InChI is InChI=1S/C17H19N3O3S/c1-24(22,23)20(14-11-12-14)16-10-6-5-9-15(16)19-17(21)18-13-7-3-2-4-8-13/h2-10,14H,11-12H2,1H3,(H2,18,19,21). The number of carbonyl (C=O) groups excluding carboxylic acids is 1. The van der Waals surface area contributed by atoms with Crippen LogP contribution in [-0.2, 0) is 10.0 Å². The van der Waals surface area contributed by atoms with Crippen LogP contribution in [0.1, 0.15) is 12.8 Å². The van der Waals surface area contributed by atoms with Gasteiger partial charge in [-0.1, -0.05) is 30.3 Å². The monoisotopic (exact) mass is 345 g/mol. The maximum atomic E-state index is 12.2. The van der Waals surface area contributed by atoms with E-state index in [-0.39, 0.29) is 6.04 Å². The van der Waals surface area contributed by atoms with E-state index in [0.717, 1.165) is 12.8 Å². The van der Waals surface area contributed by atoms with Crippen LogP contribution in [-0.4, -0.2) is 26.7 Å². The number of hydrogen-bond acceptors (Lipinski definition) is 3. The fourth-order valence-electron chi connectivity index (χ4n) is 2.53. The van der Waals surface area contributed by atoms with Gasteiger partial charge in [0.05, 0.1) is 17.6 Å². The molecule has 0 spiro atoms. The number of nitrogens with one attached hydrogen (secondary N) is 2. The van der Waals surface area contributed by atoms with Gasteiger partial charge in [0.1, 0.15) is 0 Å². The van der Waals surface area contributed by atoms with E-state index in [2.05, 4.69) is 10.6 Å². The molecule has 6 nitrogen and oxygen atoms in total. The molecule has 0 atom stereocenters. The van der Waals surface area contributed by atoms with Crippen LogP contribution in [0.25, 0.3) is 0 Å². The lowest BCUT2D eigenvalue weighted by Crippen LogP contribution is -2.33. The summed E-state index contributed by atoms with van der Waals surface area (Å²) in [5.41, 5.74) is 1.61. The second kappa shape index (κ2) is 6.52. The van der Waals surface area contributed by atoms with Crippen LogP contribution in [0.4, 0.5) is 21.9 Å². The van der Waals surface area contributed by atoms with Crippen LogP contribution < -0.4 is 14.9 Å². The molecule has 1 saturated carbocycles. The third-order valence-electron chi connectivity index (χ3n) is 3.66. The number of para-hydroxylation sites is 3. The summed E-state index contributed by atoms with van der Waals surface area (Å²) in [6, 6.07) is 15.5. The lowest BCUT2D eigenvalue weighted by atomic mass is 10.2. The Morgan fingerprint density at radius 1 is 1.00 bits per heavy atom. The highest BCUT2D eigenvalue weighted by Crippen LogP contribution is 2.37. The molecule has 0 saturated heterocycles. The zero-order valence-corrected chi connectivity index (χ0v) is 14.1. The van der Waals surface area contributed by atoms with Crippen LogP contribution in [0.5, 0.6) is 0 Å². The minimum absolute atomic E-state index is 0.0277. The molecule has 7 heteroatoms. The number of hydrogen-bond donors (Lipinski definition) is 2. The molecule has 126 valence electrons. The molecule has 3 rings (SSSR count). The Kier molecular flexibility index (Phi) is 4.44. The smallest absolute Gasteiger partial charge is 0.308 e. The second-order valence-electron chi connectivity index (χ2n) is 5.75. The van der Waals surface area contributed by atoms with Crippen LogP contribution in [0, 0.1) is 0 Å². The van der Waals surface area contributed by atoms with Crippen molar-refractivity contribution in [3.63, 3.8) is 0 Å². The topological polar surface area (TPSA) is 78.5 Å². The molecule has 1 fully saturated rings. The maximum absolute atomic E-state index is 12.2. The molecule has 0 aromatic heterocycles. The summed E-state index contributed by atoms with van der Waals surface area (Å²) in [7, 11) is -3.41. The Hall–Kier alpha value is -2.54. The number of carbonyl (C=O) groups is 1.